The Bertz CT molecular complexity index is 733. The van der Waals surface area contributed by atoms with Gasteiger partial charge in [0.05, 0.1) is 11.5 Å². The van der Waals surface area contributed by atoms with Crippen molar-refractivity contribution in [3.8, 4) is 11.1 Å². The fraction of sp³-hybridized carbons (Fsp3) is 0.429. The molecule has 0 spiro atoms. The smallest absolute Gasteiger partial charge is 0.312 e. The van der Waals surface area contributed by atoms with E-state index < -0.39 is 17.5 Å². The molecular weight excluding hydrogens is 328 g/mol. The lowest BCUT2D eigenvalue weighted by atomic mass is 9.73. The normalized spacial score (nSPS) is 23.7. The topological polar surface area (TPSA) is 73.7 Å². The molecule has 0 unspecified atom stereocenters. The van der Waals surface area contributed by atoms with E-state index in [4.69, 9.17) is 0 Å². The van der Waals surface area contributed by atoms with E-state index in [0.717, 1.165) is 23.1 Å². The highest BCUT2D eigenvalue weighted by Gasteiger charge is 2.47. The van der Waals surface area contributed by atoms with Crippen LogP contribution in [0.1, 0.15) is 31.7 Å². The Morgan fingerprint density at radius 3 is 2.62 bits per heavy atom. The van der Waals surface area contributed by atoms with Crippen molar-refractivity contribution in [2.45, 2.75) is 38.8 Å². The van der Waals surface area contributed by atoms with Gasteiger partial charge in [0.1, 0.15) is 0 Å². The van der Waals surface area contributed by atoms with Gasteiger partial charge in [-0.25, -0.2) is 0 Å². The lowest BCUT2D eigenvalue weighted by Crippen LogP contribution is -2.54. The highest BCUT2D eigenvalue weighted by molar-refractivity contribution is 5.75. The highest BCUT2D eigenvalue weighted by Crippen LogP contribution is 2.37. The number of carboxylic acids is 1. The first-order valence-corrected chi connectivity index (χ1v) is 9.18. The Hall–Kier alpha value is -2.24. The lowest BCUT2D eigenvalue weighted by molar-refractivity contribution is -0.164. The third-order valence-corrected chi connectivity index (χ3v) is 5.42. The maximum absolute atomic E-state index is 11.7. The number of carbonyl (C=O) groups is 1. The number of aliphatic carboxylic acids is 1. The van der Waals surface area contributed by atoms with Crippen LogP contribution in [-0.4, -0.2) is 45.3 Å². The number of benzene rings is 1. The van der Waals surface area contributed by atoms with Crippen LogP contribution in [0.2, 0.25) is 0 Å². The summed E-state index contributed by atoms with van der Waals surface area (Å²) in [5, 5.41) is 20.2. The number of aliphatic hydroxyl groups excluding tert-OH is 1. The molecular formula is C21H26N2O3. The molecule has 2 N–H and O–H groups in total. The van der Waals surface area contributed by atoms with Crippen LogP contribution in [0, 0.1) is 5.41 Å². The van der Waals surface area contributed by atoms with E-state index in [9.17, 15) is 15.0 Å². The van der Waals surface area contributed by atoms with Gasteiger partial charge in [0.25, 0.3) is 0 Å². The number of hydrogen-bond acceptors (Lipinski definition) is 4. The SMILES string of the molecule is CCC[C@]1(C(=O)O)CCN(Cc2ccc(-c3cccnc3)cc2)C[C@@H]1O. The Morgan fingerprint density at radius 1 is 1.27 bits per heavy atom. The molecule has 0 bridgehead atoms. The van der Waals surface area contributed by atoms with E-state index in [1.165, 1.54) is 0 Å². The number of nitrogens with zero attached hydrogens (tertiary/aromatic N) is 2. The molecule has 1 aliphatic heterocycles. The van der Waals surface area contributed by atoms with Gasteiger partial charge in [0.2, 0.25) is 0 Å². The molecule has 1 fully saturated rings. The first-order chi connectivity index (χ1) is 12.5. The Kier molecular flexibility index (Phi) is 5.69. The molecule has 1 aromatic carbocycles. The van der Waals surface area contributed by atoms with E-state index in [0.29, 0.717) is 32.5 Å². The van der Waals surface area contributed by atoms with Gasteiger partial charge in [-0.05, 0) is 42.1 Å². The summed E-state index contributed by atoms with van der Waals surface area (Å²) in [6.07, 6.45) is 4.55. The van der Waals surface area contributed by atoms with Crippen molar-refractivity contribution in [2.75, 3.05) is 13.1 Å². The van der Waals surface area contributed by atoms with Gasteiger partial charge >= 0.3 is 5.97 Å². The summed E-state index contributed by atoms with van der Waals surface area (Å²) in [4.78, 5) is 18.0. The largest absolute Gasteiger partial charge is 0.481 e. The fourth-order valence-electron chi connectivity index (χ4n) is 3.87. The minimum absolute atomic E-state index is 0.399. The summed E-state index contributed by atoms with van der Waals surface area (Å²) >= 11 is 0. The van der Waals surface area contributed by atoms with Gasteiger partial charge in [0.15, 0.2) is 0 Å². The van der Waals surface area contributed by atoms with E-state index in [2.05, 4.69) is 34.1 Å². The molecule has 2 heterocycles. The Balaban J connectivity index is 1.65. The molecule has 138 valence electrons. The zero-order valence-corrected chi connectivity index (χ0v) is 15.1. The number of rotatable bonds is 6. The number of pyridine rings is 1. The Labute approximate surface area is 154 Å². The number of likely N-dealkylation sites (tertiary alicyclic amines) is 1. The van der Waals surface area contributed by atoms with E-state index in [1.807, 2.05) is 25.3 Å². The van der Waals surface area contributed by atoms with Crippen LogP contribution in [-0.2, 0) is 11.3 Å². The molecule has 2 atom stereocenters. The van der Waals surface area contributed by atoms with Gasteiger partial charge < -0.3 is 10.2 Å². The average Bonchev–Trinajstić information content (AvgIpc) is 2.65. The number of piperidine rings is 1. The number of aliphatic hydroxyl groups is 1. The summed E-state index contributed by atoms with van der Waals surface area (Å²) in [5.74, 6) is -0.868. The summed E-state index contributed by atoms with van der Waals surface area (Å²) in [7, 11) is 0. The van der Waals surface area contributed by atoms with Crippen LogP contribution in [0.4, 0.5) is 0 Å². The van der Waals surface area contributed by atoms with Crippen LogP contribution < -0.4 is 0 Å². The van der Waals surface area contributed by atoms with Crippen molar-refractivity contribution in [3.05, 3.63) is 54.4 Å². The average molecular weight is 354 g/mol. The fourth-order valence-corrected chi connectivity index (χ4v) is 3.87. The molecule has 0 aliphatic carbocycles. The van der Waals surface area contributed by atoms with Crippen molar-refractivity contribution >= 4 is 5.97 Å². The molecule has 1 saturated heterocycles. The first-order valence-electron chi connectivity index (χ1n) is 9.18. The van der Waals surface area contributed by atoms with Crippen LogP contribution in [0.15, 0.2) is 48.8 Å². The number of β-amino-alcohol motifs (C(OH)–C–C–N with tert-alkyl or cyclic N) is 1. The molecule has 5 nitrogen and oxygen atoms in total. The van der Waals surface area contributed by atoms with Gasteiger partial charge in [0, 0.05) is 25.5 Å². The molecule has 1 aliphatic rings. The maximum atomic E-state index is 11.7. The maximum Gasteiger partial charge on any atom is 0.312 e. The standard InChI is InChI=1S/C21H26N2O3/c1-2-9-21(20(25)26)10-12-23(15-19(21)24)14-16-5-7-17(8-6-16)18-4-3-11-22-13-18/h3-8,11,13,19,24H,2,9-10,12,14-15H2,1H3,(H,25,26)/t19-,21-/m0/s1. The third kappa shape index (κ3) is 3.79. The van der Waals surface area contributed by atoms with E-state index >= 15 is 0 Å². The molecule has 3 rings (SSSR count). The summed E-state index contributed by atoms with van der Waals surface area (Å²) in [6.45, 7) is 3.77. The van der Waals surface area contributed by atoms with Crippen molar-refractivity contribution < 1.29 is 15.0 Å². The molecule has 2 aromatic rings. The molecule has 26 heavy (non-hydrogen) atoms. The second kappa shape index (κ2) is 7.98. The predicted octanol–water partition coefficient (Wildman–Crippen LogP) is 3.19. The molecule has 0 radical (unpaired) electrons. The van der Waals surface area contributed by atoms with Crippen LogP contribution in [0.5, 0.6) is 0 Å². The zero-order chi connectivity index (χ0) is 18.6. The minimum atomic E-state index is -0.991. The summed E-state index contributed by atoms with van der Waals surface area (Å²) in [5.41, 5.74) is 2.37. The van der Waals surface area contributed by atoms with Gasteiger partial charge in [-0.15, -0.1) is 0 Å². The highest BCUT2D eigenvalue weighted by atomic mass is 16.4. The van der Waals surface area contributed by atoms with Gasteiger partial charge in [-0.3, -0.25) is 14.7 Å². The second-order valence-electron chi connectivity index (χ2n) is 7.15. The zero-order valence-electron chi connectivity index (χ0n) is 15.1. The van der Waals surface area contributed by atoms with Crippen molar-refractivity contribution in [2.24, 2.45) is 5.41 Å². The van der Waals surface area contributed by atoms with E-state index in [1.54, 1.807) is 6.20 Å². The minimum Gasteiger partial charge on any atom is -0.481 e. The molecule has 5 heteroatoms. The Morgan fingerprint density at radius 2 is 2.04 bits per heavy atom. The third-order valence-electron chi connectivity index (χ3n) is 5.42. The predicted molar refractivity (Wildman–Crippen MR) is 101 cm³/mol. The monoisotopic (exact) mass is 354 g/mol. The van der Waals surface area contributed by atoms with Gasteiger partial charge in [-0.2, -0.15) is 0 Å². The van der Waals surface area contributed by atoms with Crippen molar-refractivity contribution in [1.82, 2.24) is 9.88 Å². The van der Waals surface area contributed by atoms with Crippen molar-refractivity contribution in [3.63, 3.8) is 0 Å². The molecule has 1 aromatic heterocycles. The second-order valence-corrected chi connectivity index (χ2v) is 7.15. The summed E-state index contributed by atoms with van der Waals surface area (Å²) in [6, 6.07) is 12.3. The molecule has 0 amide bonds. The number of carboxylic acid groups (broad SMARTS) is 1. The van der Waals surface area contributed by atoms with Crippen LogP contribution in [0.25, 0.3) is 11.1 Å². The number of aromatic nitrogens is 1. The first kappa shape index (κ1) is 18.5. The lowest BCUT2D eigenvalue weighted by Gasteiger charge is -2.42. The number of hydrogen-bond donors (Lipinski definition) is 2. The van der Waals surface area contributed by atoms with Crippen LogP contribution >= 0.6 is 0 Å². The quantitative estimate of drug-likeness (QED) is 0.833. The van der Waals surface area contributed by atoms with E-state index in [-0.39, 0.29) is 0 Å². The van der Waals surface area contributed by atoms with Crippen molar-refractivity contribution in [1.29, 1.82) is 0 Å². The van der Waals surface area contributed by atoms with Crippen LogP contribution in [0.3, 0.4) is 0 Å². The molecule has 0 saturated carbocycles. The van der Waals surface area contributed by atoms with Gasteiger partial charge in [-0.1, -0.05) is 43.7 Å². The summed E-state index contributed by atoms with van der Waals surface area (Å²) < 4.78 is 0.